The van der Waals surface area contributed by atoms with Crippen LogP contribution in [0.25, 0.3) is 16.3 Å². The second kappa shape index (κ2) is 16.4. The van der Waals surface area contributed by atoms with Crippen molar-refractivity contribution in [2.75, 3.05) is 16.0 Å². The molecule has 290 valence electrons. The fourth-order valence-corrected chi connectivity index (χ4v) is 6.92. The average Bonchev–Trinajstić information content (AvgIpc) is 3.25. The summed E-state index contributed by atoms with van der Waals surface area (Å²) in [4.78, 5) is 82.7. The normalized spacial score (nSPS) is 11.0. The predicted molar refractivity (Wildman–Crippen MR) is 228 cm³/mol. The van der Waals surface area contributed by atoms with E-state index in [9.17, 15) is 44.1 Å². The van der Waals surface area contributed by atoms with Crippen molar-refractivity contribution in [3.8, 4) is 74.1 Å². The Morgan fingerprint density at radius 3 is 1.36 bits per heavy atom. The zero-order valence-electron chi connectivity index (χ0n) is 31.3. The molecule has 3 amide bonds. The molecule has 0 atom stereocenters. The van der Waals surface area contributed by atoms with E-state index in [-0.39, 0.29) is 55.7 Å². The monoisotopic (exact) mass is 799 g/mol. The van der Waals surface area contributed by atoms with Gasteiger partial charge in [0.05, 0.1) is 44.9 Å². The number of rotatable bonds is 9. The Labute approximate surface area is 347 Å². The molecule has 0 bridgehead atoms. The SMILES string of the molecule is C#Cc1ccc(C#C)c(NC(=O)C2=C(C(=O)O)c3cc(C(=O)O)c(C(=O)Nc4cc(C#C)ccc4C#C)c4cc(C(=O)Nc5cc(C#C)ccc5C#C)c(C(=O)O)c(c34)C2)c1. The lowest BCUT2D eigenvalue weighted by Gasteiger charge is -2.26. The zero-order valence-corrected chi connectivity index (χ0v) is 31.3. The molecule has 1 aliphatic rings. The maximum atomic E-state index is 14.4. The molecular weight excluding hydrogens is 775 g/mol. The molecule has 5 aromatic rings. The summed E-state index contributed by atoms with van der Waals surface area (Å²) in [6.07, 6.45) is 32.9. The topological polar surface area (TPSA) is 199 Å². The molecule has 0 fully saturated rings. The zero-order chi connectivity index (χ0) is 44.3. The number of hydrogen-bond acceptors (Lipinski definition) is 6. The summed E-state index contributed by atoms with van der Waals surface area (Å²) in [5.74, 6) is 5.85. The Hall–Kier alpha value is -9.72. The number of hydrogen-bond donors (Lipinski definition) is 6. The summed E-state index contributed by atoms with van der Waals surface area (Å²) in [5, 5.41) is 39.2. The number of amides is 3. The van der Waals surface area contributed by atoms with E-state index >= 15 is 0 Å². The van der Waals surface area contributed by atoms with Gasteiger partial charge in [0.15, 0.2) is 0 Å². The quantitative estimate of drug-likeness (QED) is 0.102. The van der Waals surface area contributed by atoms with Gasteiger partial charge < -0.3 is 31.3 Å². The second-order valence-corrected chi connectivity index (χ2v) is 13.0. The molecule has 0 saturated carbocycles. The van der Waals surface area contributed by atoms with Gasteiger partial charge in [0.25, 0.3) is 17.7 Å². The van der Waals surface area contributed by atoms with Crippen LogP contribution in [0.15, 0.2) is 72.3 Å². The molecule has 5 aromatic carbocycles. The molecule has 0 unspecified atom stereocenters. The minimum atomic E-state index is -1.75. The number of aromatic carboxylic acids is 2. The van der Waals surface area contributed by atoms with Crippen molar-refractivity contribution in [1.29, 1.82) is 0 Å². The highest BCUT2D eigenvalue weighted by atomic mass is 16.4. The van der Waals surface area contributed by atoms with Gasteiger partial charge in [-0.1, -0.05) is 35.5 Å². The molecular formula is C49H25N3O9. The first-order valence-corrected chi connectivity index (χ1v) is 17.5. The summed E-state index contributed by atoms with van der Waals surface area (Å²) in [5.41, 5.74) is -3.58. The Kier molecular flexibility index (Phi) is 11.0. The minimum absolute atomic E-state index is 0.000256. The van der Waals surface area contributed by atoms with Crippen LogP contribution in [0.5, 0.6) is 0 Å². The predicted octanol–water partition coefficient (Wildman–Crippen LogP) is 5.66. The van der Waals surface area contributed by atoms with Crippen LogP contribution in [0.1, 0.15) is 85.9 Å². The molecule has 0 saturated heterocycles. The van der Waals surface area contributed by atoms with E-state index in [1.165, 1.54) is 54.6 Å². The Balaban J connectivity index is 1.70. The molecule has 0 radical (unpaired) electrons. The lowest BCUT2D eigenvalue weighted by atomic mass is 9.77. The Bertz CT molecular complexity index is 3200. The summed E-state index contributed by atoms with van der Waals surface area (Å²) >= 11 is 0. The third kappa shape index (κ3) is 7.47. The molecule has 0 aliphatic heterocycles. The van der Waals surface area contributed by atoms with Crippen molar-refractivity contribution in [2.45, 2.75) is 6.42 Å². The molecule has 6 rings (SSSR count). The van der Waals surface area contributed by atoms with Gasteiger partial charge in [0.1, 0.15) is 0 Å². The summed E-state index contributed by atoms with van der Waals surface area (Å²) in [6, 6.07) is 14.7. The minimum Gasteiger partial charge on any atom is -0.478 e. The van der Waals surface area contributed by atoms with Gasteiger partial charge in [-0.05, 0) is 88.6 Å². The third-order valence-electron chi connectivity index (χ3n) is 9.63. The van der Waals surface area contributed by atoms with Crippen molar-refractivity contribution in [3.63, 3.8) is 0 Å². The van der Waals surface area contributed by atoms with E-state index in [2.05, 4.69) is 51.5 Å². The maximum absolute atomic E-state index is 14.4. The summed E-state index contributed by atoms with van der Waals surface area (Å²) in [6.45, 7) is 0. The van der Waals surface area contributed by atoms with Gasteiger partial charge in [0.2, 0.25) is 0 Å². The number of carboxylic acids is 3. The lowest BCUT2D eigenvalue weighted by Crippen LogP contribution is -2.27. The van der Waals surface area contributed by atoms with Crippen LogP contribution in [-0.2, 0) is 16.0 Å². The highest BCUT2D eigenvalue weighted by Gasteiger charge is 2.37. The maximum Gasteiger partial charge on any atom is 0.336 e. The van der Waals surface area contributed by atoms with Gasteiger partial charge in [-0.3, -0.25) is 14.4 Å². The molecule has 1 aliphatic carbocycles. The molecule has 6 N–H and O–H groups in total. The van der Waals surface area contributed by atoms with Crippen molar-refractivity contribution in [1.82, 2.24) is 0 Å². The van der Waals surface area contributed by atoms with E-state index in [1.807, 2.05) is 0 Å². The fourth-order valence-electron chi connectivity index (χ4n) is 6.92. The van der Waals surface area contributed by atoms with Crippen LogP contribution in [0.4, 0.5) is 17.1 Å². The van der Waals surface area contributed by atoms with Crippen LogP contribution in [-0.4, -0.2) is 50.9 Å². The number of carbonyl (C=O) groups excluding carboxylic acids is 3. The van der Waals surface area contributed by atoms with E-state index < -0.39 is 81.0 Å². The van der Waals surface area contributed by atoms with Crippen molar-refractivity contribution in [3.05, 3.63) is 139 Å². The van der Waals surface area contributed by atoms with Crippen LogP contribution in [0, 0.1) is 74.1 Å². The van der Waals surface area contributed by atoms with Crippen molar-refractivity contribution >= 4 is 69.0 Å². The molecule has 12 nitrogen and oxygen atoms in total. The van der Waals surface area contributed by atoms with Gasteiger partial charge in [-0.2, -0.15) is 0 Å². The molecule has 0 heterocycles. The summed E-state index contributed by atoms with van der Waals surface area (Å²) < 4.78 is 0. The highest BCUT2D eigenvalue weighted by Crippen LogP contribution is 2.43. The van der Waals surface area contributed by atoms with Crippen LogP contribution in [0.2, 0.25) is 0 Å². The smallest absolute Gasteiger partial charge is 0.336 e. The number of carboxylic acid groups (broad SMARTS) is 3. The molecule has 61 heavy (non-hydrogen) atoms. The van der Waals surface area contributed by atoms with E-state index in [4.69, 9.17) is 38.5 Å². The van der Waals surface area contributed by atoms with Gasteiger partial charge in [-0.25, -0.2) is 14.4 Å². The second-order valence-electron chi connectivity index (χ2n) is 13.0. The van der Waals surface area contributed by atoms with E-state index in [0.717, 1.165) is 12.1 Å². The molecule has 0 spiro atoms. The van der Waals surface area contributed by atoms with Crippen LogP contribution >= 0.6 is 0 Å². The van der Waals surface area contributed by atoms with Crippen molar-refractivity contribution < 1.29 is 44.1 Å². The standard InChI is InChI=1S/C49H25N3O9/c1-7-25-13-16-28(10-4)37(19-25)50-44(53)34-22-31-40-32(42(34)48(58)59)23-35(45(54)51-38-20-26(8-2)14-17-29(38)11-5)43(49(60)61)33(40)24-36(47(56)57)41(31)46(55)52-39-21-27(9-3)15-18-30(39)12-6/h1-6,13-22,24H,23H2,(H,50,53)(H,51,54)(H,52,55)(H,56,57)(H,58,59)(H,60,61). The molecule has 12 heteroatoms. The first-order chi connectivity index (χ1) is 29.2. The Morgan fingerprint density at radius 1 is 0.492 bits per heavy atom. The lowest BCUT2D eigenvalue weighted by molar-refractivity contribution is -0.130. The van der Waals surface area contributed by atoms with Crippen LogP contribution < -0.4 is 16.0 Å². The Morgan fingerprint density at radius 2 is 0.951 bits per heavy atom. The van der Waals surface area contributed by atoms with Gasteiger partial charge in [-0.15, -0.1) is 38.5 Å². The van der Waals surface area contributed by atoms with E-state index in [0.29, 0.717) is 11.1 Å². The number of terminal acetylenes is 6. The van der Waals surface area contributed by atoms with Crippen LogP contribution in [0.3, 0.4) is 0 Å². The number of anilines is 3. The number of nitrogens with one attached hydrogen (secondary N) is 3. The first kappa shape index (κ1) is 40.9. The third-order valence-corrected chi connectivity index (χ3v) is 9.63. The number of benzene rings is 5. The fraction of sp³-hybridized carbons (Fsp3) is 0.0204. The van der Waals surface area contributed by atoms with Gasteiger partial charge >= 0.3 is 17.9 Å². The first-order valence-electron chi connectivity index (χ1n) is 17.5. The number of carbonyl (C=O) groups is 6. The summed E-state index contributed by atoms with van der Waals surface area (Å²) in [7, 11) is 0. The largest absolute Gasteiger partial charge is 0.478 e. The molecule has 0 aromatic heterocycles. The highest BCUT2D eigenvalue weighted by molar-refractivity contribution is 6.32. The van der Waals surface area contributed by atoms with Gasteiger partial charge in [0, 0.05) is 45.4 Å². The average molecular weight is 800 g/mol. The van der Waals surface area contributed by atoms with Crippen molar-refractivity contribution in [2.24, 2.45) is 0 Å². The van der Waals surface area contributed by atoms with E-state index in [1.54, 1.807) is 0 Å². The number of aliphatic carboxylic acids is 1.